The lowest BCUT2D eigenvalue weighted by molar-refractivity contribution is -0.141. The van der Waals surface area contributed by atoms with Crippen LogP contribution in [0.4, 0.5) is 5.69 Å². The summed E-state index contributed by atoms with van der Waals surface area (Å²) in [6.07, 6.45) is 0.339. The van der Waals surface area contributed by atoms with Crippen molar-refractivity contribution in [2.45, 2.75) is 64.1 Å². The molecule has 220 valence electrons. The second-order valence-corrected chi connectivity index (χ2v) is 13.1. The van der Waals surface area contributed by atoms with Gasteiger partial charge in [-0.1, -0.05) is 42.8 Å². The fourth-order valence-electron chi connectivity index (χ4n) is 4.35. The van der Waals surface area contributed by atoms with Gasteiger partial charge in [0.15, 0.2) is 0 Å². The van der Waals surface area contributed by atoms with E-state index in [1.165, 1.54) is 24.1 Å². The molecule has 0 heterocycles. The molecule has 1 atom stereocenters. The summed E-state index contributed by atoms with van der Waals surface area (Å²) in [7, 11) is -2.71. The van der Waals surface area contributed by atoms with Crippen molar-refractivity contribution < 1.29 is 22.7 Å². The topological polar surface area (TPSA) is 96.0 Å². The minimum atomic E-state index is -4.20. The first-order valence-corrected chi connectivity index (χ1v) is 15.2. The van der Waals surface area contributed by atoms with Crippen LogP contribution < -0.4 is 14.4 Å². The first-order valence-electron chi connectivity index (χ1n) is 13.3. The van der Waals surface area contributed by atoms with Gasteiger partial charge in [0, 0.05) is 17.1 Å². The van der Waals surface area contributed by atoms with Crippen LogP contribution in [0.25, 0.3) is 0 Å². The van der Waals surface area contributed by atoms with Crippen molar-refractivity contribution in [1.29, 1.82) is 0 Å². The first kappa shape index (κ1) is 32.0. The lowest BCUT2D eigenvalue weighted by Crippen LogP contribution is -2.55. The molecular weight excluding hydrogens is 562 g/mol. The summed E-state index contributed by atoms with van der Waals surface area (Å²) < 4.78 is 34.1. The normalized spacial score (nSPS) is 12.4. The third-order valence-corrected chi connectivity index (χ3v) is 8.57. The second-order valence-electron chi connectivity index (χ2n) is 10.8. The van der Waals surface area contributed by atoms with Crippen LogP contribution in [0.2, 0.25) is 5.02 Å². The van der Waals surface area contributed by atoms with E-state index >= 15 is 0 Å². The molecule has 1 N–H and O–H groups in total. The summed E-state index contributed by atoms with van der Waals surface area (Å²) in [4.78, 5) is 29.0. The Morgan fingerprint density at radius 1 is 0.976 bits per heavy atom. The average Bonchev–Trinajstić information content (AvgIpc) is 2.92. The van der Waals surface area contributed by atoms with E-state index in [1.807, 2.05) is 58.9 Å². The van der Waals surface area contributed by atoms with Crippen molar-refractivity contribution in [3.63, 3.8) is 0 Å². The maximum atomic E-state index is 14.2. The Hall–Kier alpha value is -3.56. The Balaban J connectivity index is 2.08. The second kappa shape index (κ2) is 13.4. The number of anilines is 1. The number of hydrogen-bond acceptors (Lipinski definition) is 5. The monoisotopic (exact) mass is 599 g/mol. The van der Waals surface area contributed by atoms with Gasteiger partial charge in [-0.25, -0.2) is 8.42 Å². The fourth-order valence-corrected chi connectivity index (χ4v) is 5.89. The number of nitrogens with zero attached hydrogens (tertiary/aromatic N) is 2. The molecule has 0 spiro atoms. The molecule has 41 heavy (non-hydrogen) atoms. The van der Waals surface area contributed by atoms with Gasteiger partial charge in [-0.15, -0.1) is 0 Å². The molecule has 8 nitrogen and oxygen atoms in total. The van der Waals surface area contributed by atoms with Crippen molar-refractivity contribution in [3.8, 4) is 5.75 Å². The molecule has 0 saturated heterocycles. The van der Waals surface area contributed by atoms with Gasteiger partial charge in [0.25, 0.3) is 10.0 Å². The highest BCUT2D eigenvalue weighted by molar-refractivity contribution is 7.92. The number of halogens is 1. The summed E-state index contributed by atoms with van der Waals surface area (Å²) in [5.74, 6) is -0.327. The molecule has 0 fully saturated rings. The third-order valence-electron chi connectivity index (χ3n) is 6.53. The van der Waals surface area contributed by atoms with E-state index in [0.29, 0.717) is 17.2 Å². The number of nitrogens with one attached hydrogen (secondary N) is 1. The Bertz CT molecular complexity index is 1450. The summed E-state index contributed by atoms with van der Waals surface area (Å²) >= 11 is 6.09. The number of ether oxygens (including phenoxy) is 1. The van der Waals surface area contributed by atoms with E-state index in [4.69, 9.17) is 16.3 Å². The molecule has 0 unspecified atom stereocenters. The number of aryl methyl sites for hydroxylation is 1. The lowest BCUT2D eigenvalue weighted by atomic mass is 10.0. The minimum Gasteiger partial charge on any atom is -0.497 e. The number of hydrogen-bond donors (Lipinski definition) is 1. The highest BCUT2D eigenvalue weighted by atomic mass is 35.5. The van der Waals surface area contributed by atoms with E-state index in [0.717, 1.165) is 15.4 Å². The maximum Gasteiger partial charge on any atom is 0.264 e. The molecule has 3 aromatic rings. The number of sulfonamides is 1. The van der Waals surface area contributed by atoms with Crippen LogP contribution in [-0.4, -0.2) is 50.4 Å². The zero-order valence-electron chi connectivity index (χ0n) is 24.3. The lowest BCUT2D eigenvalue weighted by Gasteiger charge is -2.35. The van der Waals surface area contributed by atoms with Gasteiger partial charge in [-0.05, 0) is 93.8 Å². The predicted molar refractivity (Wildman–Crippen MR) is 163 cm³/mol. The predicted octanol–water partition coefficient (Wildman–Crippen LogP) is 5.57. The van der Waals surface area contributed by atoms with Gasteiger partial charge in [-0.2, -0.15) is 0 Å². The average molecular weight is 600 g/mol. The number of rotatable bonds is 11. The molecule has 10 heteroatoms. The molecular formula is C31H38ClN3O5S. The minimum absolute atomic E-state index is 0.0102. The molecule has 0 aliphatic heterocycles. The van der Waals surface area contributed by atoms with E-state index in [-0.39, 0.29) is 23.0 Å². The van der Waals surface area contributed by atoms with Crippen LogP contribution in [0.1, 0.15) is 45.2 Å². The Labute approximate surface area is 248 Å². The molecule has 0 radical (unpaired) electrons. The molecule has 2 amide bonds. The molecule has 0 aliphatic carbocycles. The van der Waals surface area contributed by atoms with Crippen LogP contribution in [0.3, 0.4) is 0 Å². The fraction of sp³-hybridized carbons (Fsp3) is 0.355. The number of amides is 2. The van der Waals surface area contributed by atoms with Gasteiger partial charge in [0.2, 0.25) is 11.8 Å². The van der Waals surface area contributed by atoms with E-state index in [1.54, 1.807) is 36.4 Å². The molecule has 0 aliphatic rings. The maximum absolute atomic E-state index is 14.2. The number of carbonyl (C=O) groups excluding carboxylic acids is 2. The smallest absolute Gasteiger partial charge is 0.264 e. The van der Waals surface area contributed by atoms with Gasteiger partial charge < -0.3 is 15.0 Å². The van der Waals surface area contributed by atoms with Crippen molar-refractivity contribution in [2.24, 2.45) is 0 Å². The van der Waals surface area contributed by atoms with E-state index in [9.17, 15) is 18.0 Å². The molecule has 0 aromatic heterocycles. The van der Waals surface area contributed by atoms with Crippen LogP contribution in [0.5, 0.6) is 5.75 Å². The highest BCUT2D eigenvalue weighted by Crippen LogP contribution is 2.27. The quantitative estimate of drug-likeness (QED) is 0.311. The highest BCUT2D eigenvalue weighted by Gasteiger charge is 2.34. The summed E-state index contributed by atoms with van der Waals surface area (Å²) in [5.41, 5.74) is 1.56. The number of carbonyl (C=O) groups is 2. The Kier molecular flexibility index (Phi) is 10.4. The summed E-state index contributed by atoms with van der Waals surface area (Å²) in [5, 5.41) is 3.40. The summed E-state index contributed by atoms with van der Waals surface area (Å²) in [6.45, 7) is 8.98. The van der Waals surface area contributed by atoms with Gasteiger partial charge in [-0.3, -0.25) is 13.9 Å². The number of benzene rings is 3. The van der Waals surface area contributed by atoms with Gasteiger partial charge in [0.05, 0.1) is 17.7 Å². The van der Waals surface area contributed by atoms with Crippen molar-refractivity contribution in [2.75, 3.05) is 18.0 Å². The Morgan fingerprint density at radius 2 is 1.59 bits per heavy atom. The van der Waals surface area contributed by atoms with Crippen LogP contribution in [-0.2, 0) is 26.2 Å². The Morgan fingerprint density at radius 3 is 2.12 bits per heavy atom. The van der Waals surface area contributed by atoms with Crippen molar-refractivity contribution in [3.05, 3.63) is 88.9 Å². The third kappa shape index (κ3) is 8.24. The largest absolute Gasteiger partial charge is 0.497 e. The number of methoxy groups -OCH3 is 1. The van der Waals surface area contributed by atoms with Gasteiger partial charge >= 0.3 is 0 Å². The van der Waals surface area contributed by atoms with Crippen LogP contribution >= 0.6 is 11.6 Å². The summed E-state index contributed by atoms with van der Waals surface area (Å²) in [6, 6.07) is 19.0. The van der Waals surface area contributed by atoms with Crippen LogP contribution in [0, 0.1) is 6.92 Å². The SMILES string of the molecule is CC[C@H](C(=O)NC(C)(C)C)N(Cc1ccccc1C)C(=O)CN(c1ccc(Cl)cc1)S(=O)(=O)c1ccc(OC)cc1. The van der Waals surface area contributed by atoms with E-state index < -0.39 is 34.1 Å². The van der Waals surface area contributed by atoms with Crippen molar-refractivity contribution >= 4 is 39.1 Å². The van der Waals surface area contributed by atoms with E-state index in [2.05, 4.69) is 5.32 Å². The van der Waals surface area contributed by atoms with Gasteiger partial charge in [0.1, 0.15) is 18.3 Å². The molecule has 0 saturated carbocycles. The zero-order valence-corrected chi connectivity index (χ0v) is 25.9. The zero-order chi connectivity index (χ0) is 30.4. The molecule has 3 aromatic carbocycles. The van der Waals surface area contributed by atoms with Crippen LogP contribution in [0.15, 0.2) is 77.7 Å². The molecule has 3 rings (SSSR count). The molecule has 0 bridgehead atoms. The van der Waals surface area contributed by atoms with Crippen molar-refractivity contribution in [1.82, 2.24) is 10.2 Å². The first-order chi connectivity index (χ1) is 19.3. The standard InChI is InChI=1S/C31H38ClN3O5S/c1-7-28(30(37)33-31(3,4)5)34(20-23-11-9-8-10-22(23)2)29(36)21-35(25-14-12-24(32)13-15-25)41(38,39)27-18-16-26(40-6)17-19-27/h8-19,28H,7,20-21H2,1-6H3,(H,33,37)/t28-/m1/s1.